The van der Waals surface area contributed by atoms with Crippen LogP contribution in [0.5, 0.6) is 5.75 Å². The Balaban J connectivity index is 1.39. The highest BCUT2D eigenvalue weighted by atomic mass is 35.5. The van der Waals surface area contributed by atoms with Crippen LogP contribution in [-0.4, -0.2) is 36.5 Å². The van der Waals surface area contributed by atoms with Crippen molar-refractivity contribution in [1.82, 2.24) is 0 Å². The van der Waals surface area contributed by atoms with Gasteiger partial charge in [0.15, 0.2) is 0 Å². The molecule has 200 valence electrons. The van der Waals surface area contributed by atoms with E-state index in [2.05, 4.69) is 5.32 Å². The van der Waals surface area contributed by atoms with Crippen LogP contribution in [0.3, 0.4) is 0 Å². The van der Waals surface area contributed by atoms with E-state index in [1.807, 2.05) is 30.3 Å². The van der Waals surface area contributed by atoms with Crippen molar-refractivity contribution in [2.45, 2.75) is 25.7 Å². The minimum atomic E-state index is -0.881. The molecule has 9 heteroatoms. The Morgan fingerprint density at radius 1 is 1.08 bits per heavy atom. The fourth-order valence-electron chi connectivity index (χ4n) is 5.42. The third-order valence-corrected chi connectivity index (χ3v) is 7.85. The number of anilines is 3. The lowest BCUT2D eigenvalue weighted by Gasteiger charge is -2.26. The van der Waals surface area contributed by atoms with Gasteiger partial charge in [0.2, 0.25) is 0 Å². The number of methoxy groups -OCH3 is 1. The van der Waals surface area contributed by atoms with Crippen molar-refractivity contribution >= 4 is 46.4 Å². The number of benzene rings is 3. The average molecular weight is 546 g/mol. The van der Waals surface area contributed by atoms with E-state index in [1.54, 1.807) is 35.2 Å². The Labute approximate surface area is 231 Å². The largest absolute Gasteiger partial charge is 0.497 e. The van der Waals surface area contributed by atoms with Gasteiger partial charge in [0, 0.05) is 23.4 Å². The number of rotatable bonds is 5. The van der Waals surface area contributed by atoms with Gasteiger partial charge in [-0.1, -0.05) is 35.9 Å². The topological polar surface area (TPSA) is 122 Å². The predicted molar refractivity (Wildman–Crippen MR) is 151 cm³/mol. The average Bonchev–Trinajstić information content (AvgIpc) is 3.27. The van der Waals surface area contributed by atoms with Crippen LogP contribution in [0.2, 0.25) is 5.02 Å². The molecule has 1 aliphatic carbocycles. The standard InChI is InChI=1S/C30H28ClN3O5/c1-39-21-7-8-23(31)22(15-21)27(35)33-25-9-6-18(14-24(25)32)28(36)34-13-12-30(11-10-20(17-30)29(37)38)16-19-4-2-3-5-26(19)34/h2-9,14-15,17H,10-13,16,32H2,1H3,(H,33,35)(H,37,38)/t30-/m0/s1. The van der Waals surface area contributed by atoms with Gasteiger partial charge < -0.3 is 25.8 Å². The molecule has 0 saturated heterocycles. The van der Waals surface area contributed by atoms with E-state index in [1.165, 1.54) is 13.2 Å². The van der Waals surface area contributed by atoms with Crippen molar-refractivity contribution < 1.29 is 24.2 Å². The van der Waals surface area contributed by atoms with Crippen LogP contribution in [0.4, 0.5) is 17.1 Å². The van der Waals surface area contributed by atoms with E-state index < -0.39 is 11.9 Å². The first kappa shape index (κ1) is 26.3. The molecule has 0 fully saturated rings. The third kappa shape index (κ3) is 5.20. The summed E-state index contributed by atoms with van der Waals surface area (Å²) in [6, 6.07) is 17.3. The van der Waals surface area contributed by atoms with Gasteiger partial charge in [0.05, 0.1) is 29.1 Å². The third-order valence-electron chi connectivity index (χ3n) is 7.52. The second-order valence-corrected chi connectivity index (χ2v) is 10.4. The van der Waals surface area contributed by atoms with Gasteiger partial charge in [-0.05, 0) is 79.1 Å². The second-order valence-electron chi connectivity index (χ2n) is 9.95. The molecular formula is C30H28ClN3O5. The summed E-state index contributed by atoms with van der Waals surface area (Å²) in [5.41, 5.74) is 9.41. The van der Waals surface area contributed by atoms with Crippen LogP contribution < -0.4 is 20.7 Å². The Morgan fingerprint density at radius 3 is 2.59 bits per heavy atom. The number of ether oxygens (including phenoxy) is 1. The van der Waals surface area contributed by atoms with Crippen molar-refractivity contribution in [2.75, 3.05) is 29.6 Å². The Hall–Kier alpha value is -4.30. The number of allylic oxidation sites excluding steroid dienone is 1. The van der Waals surface area contributed by atoms with Gasteiger partial charge in [-0.15, -0.1) is 0 Å². The molecule has 8 nitrogen and oxygen atoms in total. The highest BCUT2D eigenvalue weighted by Crippen LogP contribution is 2.46. The number of nitrogen functional groups attached to an aromatic ring is 1. The van der Waals surface area contributed by atoms with Crippen LogP contribution in [0.15, 0.2) is 72.3 Å². The van der Waals surface area contributed by atoms with Crippen LogP contribution >= 0.6 is 11.6 Å². The maximum atomic E-state index is 13.8. The number of carbonyl (C=O) groups is 3. The van der Waals surface area contributed by atoms with Crippen molar-refractivity contribution in [3.05, 3.63) is 94.0 Å². The zero-order chi connectivity index (χ0) is 27.7. The predicted octanol–water partition coefficient (Wildman–Crippen LogP) is 5.57. The molecule has 0 saturated carbocycles. The van der Waals surface area contributed by atoms with Crippen LogP contribution in [0.25, 0.3) is 0 Å². The monoisotopic (exact) mass is 545 g/mol. The SMILES string of the molecule is COc1ccc(Cl)c(C(=O)Nc2ccc(C(=O)N3CC[C@]4(C=C(C(=O)O)CC4)Cc4ccccc43)cc2N)c1. The lowest BCUT2D eigenvalue weighted by atomic mass is 9.79. The molecule has 1 spiro atoms. The number of fused-ring (bicyclic) bond motifs is 1. The molecule has 0 bridgehead atoms. The first-order valence-electron chi connectivity index (χ1n) is 12.6. The summed E-state index contributed by atoms with van der Waals surface area (Å²) in [5.74, 6) is -1.07. The summed E-state index contributed by atoms with van der Waals surface area (Å²) in [6.45, 7) is 0.436. The van der Waals surface area contributed by atoms with Gasteiger partial charge in [0.25, 0.3) is 11.8 Å². The fraction of sp³-hybridized carbons (Fsp3) is 0.233. The van der Waals surface area contributed by atoms with Crippen LogP contribution in [-0.2, 0) is 11.2 Å². The van der Waals surface area contributed by atoms with Crippen LogP contribution in [0.1, 0.15) is 45.5 Å². The first-order valence-corrected chi connectivity index (χ1v) is 13.0. The van der Waals surface area contributed by atoms with Gasteiger partial charge in [0.1, 0.15) is 5.75 Å². The molecule has 4 N–H and O–H groups in total. The highest BCUT2D eigenvalue weighted by Gasteiger charge is 2.39. The minimum absolute atomic E-state index is 0.222. The van der Waals surface area contributed by atoms with E-state index in [0.717, 1.165) is 17.7 Å². The minimum Gasteiger partial charge on any atom is -0.497 e. The number of para-hydroxylation sites is 1. The van der Waals surface area contributed by atoms with E-state index in [9.17, 15) is 19.5 Å². The number of hydrogen-bond donors (Lipinski definition) is 3. The molecule has 39 heavy (non-hydrogen) atoms. The number of carboxylic acid groups (broad SMARTS) is 1. The number of nitrogens with two attached hydrogens (primary N) is 1. The molecule has 2 aliphatic rings. The molecular weight excluding hydrogens is 518 g/mol. The number of hydrogen-bond acceptors (Lipinski definition) is 5. The van der Waals surface area contributed by atoms with Gasteiger partial charge in [-0.3, -0.25) is 9.59 Å². The van der Waals surface area contributed by atoms with Crippen molar-refractivity contribution in [3.8, 4) is 5.75 Å². The zero-order valence-electron chi connectivity index (χ0n) is 21.4. The maximum Gasteiger partial charge on any atom is 0.331 e. The molecule has 0 unspecified atom stereocenters. The second kappa shape index (κ2) is 10.5. The summed E-state index contributed by atoms with van der Waals surface area (Å²) in [6.07, 6.45) is 4.47. The molecule has 1 heterocycles. The molecule has 1 aliphatic heterocycles. The van der Waals surface area contributed by atoms with Gasteiger partial charge in [-0.2, -0.15) is 0 Å². The molecule has 5 rings (SSSR count). The molecule has 3 aromatic carbocycles. The lowest BCUT2D eigenvalue weighted by molar-refractivity contribution is -0.132. The summed E-state index contributed by atoms with van der Waals surface area (Å²) in [4.78, 5) is 39.9. The van der Waals surface area contributed by atoms with Gasteiger partial charge in [-0.25, -0.2) is 4.79 Å². The van der Waals surface area contributed by atoms with Crippen LogP contribution in [0, 0.1) is 5.41 Å². The Bertz CT molecular complexity index is 1520. The van der Waals surface area contributed by atoms with E-state index in [4.69, 9.17) is 22.1 Å². The van der Waals surface area contributed by atoms with E-state index in [-0.39, 0.29) is 27.6 Å². The number of carboxylic acids is 1. The summed E-state index contributed by atoms with van der Waals surface area (Å²) >= 11 is 6.20. The summed E-state index contributed by atoms with van der Waals surface area (Å²) in [7, 11) is 1.50. The maximum absolute atomic E-state index is 13.8. The number of carbonyl (C=O) groups excluding carboxylic acids is 2. The summed E-state index contributed by atoms with van der Waals surface area (Å²) < 4.78 is 5.18. The number of halogens is 1. The number of nitrogens with zero attached hydrogens (tertiary/aromatic N) is 1. The zero-order valence-corrected chi connectivity index (χ0v) is 22.1. The summed E-state index contributed by atoms with van der Waals surface area (Å²) in [5, 5.41) is 12.5. The quantitative estimate of drug-likeness (QED) is 0.360. The molecule has 3 aromatic rings. The number of nitrogens with one attached hydrogen (secondary N) is 1. The number of aliphatic carboxylic acids is 1. The molecule has 2 amide bonds. The van der Waals surface area contributed by atoms with E-state index in [0.29, 0.717) is 48.4 Å². The molecule has 1 atom stereocenters. The van der Waals surface area contributed by atoms with Crippen molar-refractivity contribution in [3.63, 3.8) is 0 Å². The van der Waals surface area contributed by atoms with Crippen molar-refractivity contribution in [2.24, 2.45) is 5.41 Å². The van der Waals surface area contributed by atoms with Crippen molar-refractivity contribution in [1.29, 1.82) is 0 Å². The fourth-order valence-corrected chi connectivity index (χ4v) is 5.62. The Kier molecular flexibility index (Phi) is 7.06. The van der Waals surface area contributed by atoms with Gasteiger partial charge >= 0.3 is 5.97 Å². The smallest absolute Gasteiger partial charge is 0.331 e. The lowest BCUT2D eigenvalue weighted by Crippen LogP contribution is -2.33. The van der Waals surface area contributed by atoms with E-state index >= 15 is 0 Å². The first-order chi connectivity index (χ1) is 18.7. The normalized spacial score (nSPS) is 18.2. The number of amides is 2. The molecule has 0 radical (unpaired) electrons. The Morgan fingerprint density at radius 2 is 1.87 bits per heavy atom. The highest BCUT2D eigenvalue weighted by molar-refractivity contribution is 6.34. The molecule has 0 aromatic heterocycles.